The highest BCUT2D eigenvalue weighted by Crippen LogP contribution is 2.36. The topological polar surface area (TPSA) is 67.2 Å². The molecular formula is C16H26N6O. The molecule has 1 amide bonds. The fourth-order valence-electron chi connectivity index (χ4n) is 4.29. The minimum Gasteiger partial charge on any atom is -0.338 e. The van der Waals surface area contributed by atoms with Gasteiger partial charge in [-0.3, -0.25) is 9.69 Å². The molecule has 2 aliphatic heterocycles. The molecule has 0 bridgehead atoms. The van der Waals surface area contributed by atoms with E-state index in [0.29, 0.717) is 30.5 Å². The molecule has 0 radical (unpaired) electrons. The van der Waals surface area contributed by atoms with Crippen LogP contribution in [0.2, 0.25) is 0 Å². The number of hydrogen-bond donors (Lipinski definition) is 0. The fourth-order valence-corrected chi connectivity index (χ4v) is 4.29. The van der Waals surface area contributed by atoms with Crippen molar-refractivity contribution in [3.05, 3.63) is 5.82 Å². The molecule has 0 aromatic carbocycles. The summed E-state index contributed by atoms with van der Waals surface area (Å²) in [6, 6.07) is 1.37. The van der Waals surface area contributed by atoms with Crippen LogP contribution in [0, 0.1) is 0 Å². The van der Waals surface area contributed by atoms with Gasteiger partial charge in [-0.1, -0.05) is 6.92 Å². The fraction of sp³-hybridized carbons (Fsp3) is 0.875. The quantitative estimate of drug-likeness (QED) is 0.820. The molecular weight excluding hydrogens is 292 g/mol. The van der Waals surface area contributed by atoms with Crippen LogP contribution in [0.1, 0.15) is 63.7 Å². The molecule has 0 spiro atoms. The third-order valence-corrected chi connectivity index (χ3v) is 5.58. The second-order valence-electron chi connectivity index (χ2n) is 7.10. The van der Waals surface area contributed by atoms with Gasteiger partial charge in [-0.05, 0) is 55.5 Å². The lowest BCUT2D eigenvalue weighted by Gasteiger charge is -2.34. The molecule has 1 saturated carbocycles. The number of rotatable bonds is 5. The van der Waals surface area contributed by atoms with Gasteiger partial charge in [0.2, 0.25) is 5.91 Å². The third kappa shape index (κ3) is 2.86. The molecule has 3 fully saturated rings. The van der Waals surface area contributed by atoms with Gasteiger partial charge in [0.1, 0.15) is 0 Å². The summed E-state index contributed by atoms with van der Waals surface area (Å²) in [7, 11) is 0. The Labute approximate surface area is 137 Å². The average molecular weight is 318 g/mol. The molecule has 0 N–H and O–H groups in total. The van der Waals surface area contributed by atoms with Crippen LogP contribution in [-0.4, -0.2) is 61.1 Å². The van der Waals surface area contributed by atoms with E-state index in [4.69, 9.17) is 0 Å². The van der Waals surface area contributed by atoms with Crippen LogP contribution in [0.25, 0.3) is 0 Å². The maximum absolute atomic E-state index is 12.2. The second kappa shape index (κ2) is 6.19. The smallest absolute Gasteiger partial charge is 0.222 e. The third-order valence-electron chi connectivity index (χ3n) is 5.58. The van der Waals surface area contributed by atoms with Crippen LogP contribution in [0.15, 0.2) is 0 Å². The summed E-state index contributed by atoms with van der Waals surface area (Å²) in [5.41, 5.74) is 0. The zero-order chi connectivity index (χ0) is 15.8. The summed E-state index contributed by atoms with van der Waals surface area (Å²) in [6.07, 6.45) is 7.68. The lowest BCUT2D eigenvalue weighted by atomic mass is 10.0. The summed E-state index contributed by atoms with van der Waals surface area (Å²) in [5.74, 6) is 1.30. The van der Waals surface area contributed by atoms with Gasteiger partial charge < -0.3 is 4.90 Å². The van der Waals surface area contributed by atoms with Gasteiger partial charge in [0.15, 0.2) is 5.82 Å². The van der Waals surface area contributed by atoms with E-state index in [1.165, 1.54) is 25.7 Å². The van der Waals surface area contributed by atoms with Crippen molar-refractivity contribution in [1.82, 2.24) is 30.0 Å². The largest absolute Gasteiger partial charge is 0.338 e. The van der Waals surface area contributed by atoms with Crippen LogP contribution in [0.3, 0.4) is 0 Å². The Balaban J connectivity index is 1.48. The monoisotopic (exact) mass is 318 g/mol. The number of tetrazole rings is 1. The minimum atomic E-state index is 0.308. The molecule has 3 heterocycles. The van der Waals surface area contributed by atoms with Crippen LogP contribution in [0.5, 0.6) is 0 Å². The van der Waals surface area contributed by atoms with Gasteiger partial charge in [-0.25, -0.2) is 4.68 Å². The Kier molecular flexibility index (Phi) is 4.05. The summed E-state index contributed by atoms with van der Waals surface area (Å²) < 4.78 is 2.01. The van der Waals surface area contributed by atoms with E-state index in [0.717, 1.165) is 38.3 Å². The molecule has 1 aromatic heterocycles. The average Bonchev–Trinajstić information content (AvgIpc) is 2.97. The highest BCUT2D eigenvalue weighted by atomic mass is 16.2. The van der Waals surface area contributed by atoms with E-state index in [9.17, 15) is 4.79 Å². The van der Waals surface area contributed by atoms with Crippen molar-refractivity contribution < 1.29 is 4.79 Å². The summed E-state index contributed by atoms with van der Waals surface area (Å²) in [5, 5.41) is 12.3. The molecule has 7 nitrogen and oxygen atoms in total. The normalized spacial score (nSPS) is 28.7. The van der Waals surface area contributed by atoms with Crippen molar-refractivity contribution >= 4 is 5.91 Å². The molecule has 2 atom stereocenters. The zero-order valence-corrected chi connectivity index (χ0v) is 13.9. The standard InChI is InChI=1S/C16H26N6O/c1-2-16(23)21-10-4-6-14(21)13-5-3-9-20(13)11-15-17-18-19-22(15)12-7-8-12/h12-14H,2-11H2,1H3. The number of aromatic nitrogens is 4. The molecule has 7 heteroatoms. The van der Waals surface area contributed by atoms with E-state index in [1.807, 2.05) is 11.6 Å². The Morgan fingerprint density at radius 2 is 1.91 bits per heavy atom. The summed E-state index contributed by atoms with van der Waals surface area (Å²) in [6.45, 7) is 4.81. The van der Waals surface area contributed by atoms with Crippen molar-refractivity contribution in [3.63, 3.8) is 0 Å². The van der Waals surface area contributed by atoms with E-state index < -0.39 is 0 Å². The van der Waals surface area contributed by atoms with Crippen LogP contribution >= 0.6 is 0 Å². The number of carbonyl (C=O) groups is 1. The molecule has 1 aliphatic carbocycles. The van der Waals surface area contributed by atoms with Crippen LogP contribution < -0.4 is 0 Å². The van der Waals surface area contributed by atoms with Gasteiger partial charge >= 0.3 is 0 Å². The van der Waals surface area contributed by atoms with Gasteiger partial charge in [-0.15, -0.1) is 5.10 Å². The first-order valence-electron chi connectivity index (χ1n) is 9.08. The van der Waals surface area contributed by atoms with Crippen molar-refractivity contribution in [3.8, 4) is 0 Å². The lowest BCUT2D eigenvalue weighted by molar-refractivity contribution is -0.132. The summed E-state index contributed by atoms with van der Waals surface area (Å²) in [4.78, 5) is 16.9. The first-order chi connectivity index (χ1) is 11.3. The molecule has 2 saturated heterocycles. The van der Waals surface area contributed by atoms with Gasteiger partial charge in [0, 0.05) is 25.0 Å². The highest BCUT2D eigenvalue weighted by molar-refractivity contribution is 5.76. The first kappa shape index (κ1) is 15.1. The molecule has 4 rings (SSSR count). The van der Waals surface area contributed by atoms with Crippen LogP contribution in [-0.2, 0) is 11.3 Å². The predicted molar refractivity (Wildman–Crippen MR) is 84.5 cm³/mol. The number of amides is 1. The highest BCUT2D eigenvalue weighted by Gasteiger charge is 2.40. The van der Waals surface area contributed by atoms with E-state index >= 15 is 0 Å². The molecule has 1 aromatic rings. The maximum Gasteiger partial charge on any atom is 0.222 e. The summed E-state index contributed by atoms with van der Waals surface area (Å²) >= 11 is 0. The van der Waals surface area contributed by atoms with Gasteiger partial charge in [-0.2, -0.15) is 0 Å². The number of nitrogens with zero attached hydrogens (tertiary/aromatic N) is 6. The number of carbonyl (C=O) groups excluding carboxylic acids is 1. The maximum atomic E-state index is 12.2. The minimum absolute atomic E-state index is 0.308. The Morgan fingerprint density at radius 3 is 2.70 bits per heavy atom. The number of hydrogen-bond acceptors (Lipinski definition) is 5. The van der Waals surface area contributed by atoms with Crippen molar-refractivity contribution in [2.75, 3.05) is 13.1 Å². The van der Waals surface area contributed by atoms with E-state index in [-0.39, 0.29) is 0 Å². The van der Waals surface area contributed by atoms with E-state index in [2.05, 4.69) is 25.3 Å². The van der Waals surface area contributed by atoms with Crippen molar-refractivity contribution in [2.24, 2.45) is 0 Å². The zero-order valence-electron chi connectivity index (χ0n) is 13.9. The second-order valence-corrected chi connectivity index (χ2v) is 7.10. The van der Waals surface area contributed by atoms with E-state index in [1.54, 1.807) is 0 Å². The van der Waals surface area contributed by atoms with Crippen molar-refractivity contribution in [2.45, 2.75) is 76.5 Å². The van der Waals surface area contributed by atoms with Gasteiger partial charge in [0.25, 0.3) is 0 Å². The Bertz CT molecular complexity index is 569. The molecule has 23 heavy (non-hydrogen) atoms. The predicted octanol–water partition coefficient (Wildman–Crippen LogP) is 1.37. The first-order valence-corrected chi connectivity index (χ1v) is 9.08. The SMILES string of the molecule is CCC(=O)N1CCCC1C1CCCN1Cc1nnnn1C1CC1. The van der Waals surface area contributed by atoms with Gasteiger partial charge in [0.05, 0.1) is 12.6 Å². The van der Waals surface area contributed by atoms with Crippen molar-refractivity contribution in [1.29, 1.82) is 0 Å². The molecule has 3 aliphatic rings. The Hall–Kier alpha value is -1.50. The molecule has 126 valence electrons. The lowest BCUT2D eigenvalue weighted by Crippen LogP contribution is -2.48. The number of likely N-dealkylation sites (tertiary alicyclic amines) is 2. The Morgan fingerprint density at radius 1 is 1.13 bits per heavy atom. The molecule has 2 unspecified atom stereocenters. The van der Waals surface area contributed by atoms with Crippen LogP contribution in [0.4, 0.5) is 0 Å².